The van der Waals surface area contributed by atoms with E-state index < -0.39 is 0 Å². The monoisotopic (exact) mass is 288 g/mol. The van der Waals surface area contributed by atoms with E-state index >= 15 is 0 Å². The lowest BCUT2D eigenvalue weighted by Gasteiger charge is -2.30. The maximum atomic E-state index is 6.06. The molecule has 1 rings (SSSR count). The maximum absolute atomic E-state index is 6.06. The van der Waals surface area contributed by atoms with Crippen LogP contribution >= 0.6 is 0 Å². The number of benzene rings is 1. The first-order valence-electron chi connectivity index (χ1n) is 8.02. The topological polar surface area (TPSA) is 9.23 Å². The average molecular weight is 288 g/mol. The number of allylic oxidation sites excluding steroid dienone is 1. The van der Waals surface area contributed by atoms with Gasteiger partial charge in [-0.1, -0.05) is 59.8 Å². The summed E-state index contributed by atoms with van der Waals surface area (Å²) >= 11 is 0. The summed E-state index contributed by atoms with van der Waals surface area (Å²) in [6.07, 6.45) is 4.05. The van der Waals surface area contributed by atoms with Crippen LogP contribution in [0.5, 0.6) is 5.75 Å². The van der Waals surface area contributed by atoms with Gasteiger partial charge in [0.2, 0.25) is 0 Å². The van der Waals surface area contributed by atoms with Crippen LogP contribution in [-0.4, -0.2) is 6.61 Å². The van der Waals surface area contributed by atoms with Gasteiger partial charge in [0.05, 0.1) is 6.61 Å². The van der Waals surface area contributed by atoms with Crippen LogP contribution in [0.2, 0.25) is 0 Å². The molecule has 0 saturated heterocycles. The Kier molecular flexibility index (Phi) is 5.67. The third-order valence-corrected chi connectivity index (χ3v) is 3.69. The number of ether oxygens (including phenoxy) is 1. The zero-order valence-electron chi connectivity index (χ0n) is 15.0. The normalized spacial score (nSPS) is 12.3. The first-order chi connectivity index (χ1) is 9.61. The van der Waals surface area contributed by atoms with Gasteiger partial charge < -0.3 is 4.74 Å². The van der Waals surface area contributed by atoms with E-state index in [1.807, 2.05) is 6.08 Å². The molecule has 0 N–H and O–H groups in total. The van der Waals surface area contributed by atoms with Crippen LogP contribution in [-0.2, 0) is 17.3 Å². The number of hydrogen-bond donors (Lipinski definition) is 0. The van der Waals surface area contributed by atoms with Crippen LogP contribution in [0, 0.1) is 0 Å². The van der Waals surface area contributed by atoms with Gasteiger partial charge in [-0.2, -0.15) is 0 Å². The standard InChI is InChI=1S/C20H32O/c1-9-11-12-15-13-16(19(3,4)5)18(21-10-2)17(14-15)20(6,7)8/h9,13-14H,1,10-12H2,2-8H3. The fourth-order valence-electron chi connectivity index (χ4n) is 2.52. The summed E-state index contributed by atoms with van der Waals surface area (Å²) in [6.45, 7) is 20.2. The molecule has 0 radical (unpaired) electrons. The molecule has 118 valence electrons. The van der Waals surface area contributed by atoms with E-state index in [0.717, 1.165) is 18.6 Å². The van der Waals surface area contributed by atoms with Crippen molar-refractivity contribution in [2.24, 2.45) is 0 Å². The first kappa shape index (κ1) is 17.8. The molecule has 1 aromatic rings. The average Bonchev–Trinajstić information content (AvgIpc) is 2.34. The fourth-order valence-corrected chi connectivity index (χ4v) is 2.52. The molecular formula is C20H32O. The van der Waals surface area contributed by atoms with Crippen molar-refractivity contribution < 1.29 is 4.74 Å². The van der Waals surface area contributed by atoms with E-state index in [2.05, 4.69) is 67.2 Å². The Labute approximate surface area is 131 Å². The quantitative estimate of drug-likeness (QED) is 0.622. The summed E-state index contributed by atoms with van der Waals surface area (Å²) < 4.78 is 6.06. The lowest BCUT2D eigenvalue weighted by molar-refractivity contribution is 0.319. The van der Waals surface area contributed by atoms with E-state index in [-0.39, 0.29) is 10.8 Å². The molecule has 21 heavy (non-hydrogen) atoms. The van der Waals surface area contributed by atoms with Crippen LogP contribution < -0.4 is 4.74 Å². The van der Waals surface area contributed by atoms with Gasteiger partial charge in [0.1, 0.15) is 5.75 Å². The highest BCUT2D eigenvalue weighted by Crippen LogP contribution is 2.40. The Balaban J connectivity index is 3.53. The molecule has 1 nitrogen and oxygen atoms in total. The Hall–Kier alpha value is -1.24. The fraction of sp³-hybridized carbons (Fsp3) is 0.600. The summed E-state index contributed by atoms with van der Waals surface area (Å²) in [5, 5.41) is 0. The summed E-state index contributed by atoms with van der Waals surface area (Å²) in [7, 11) is 0. The van der Waals surface area contributed by atoms with Crippen molar-refractivity contribution in [3.05, 3.63) is 41.5 Å². The van der Waals surface area contributed by atoms with Crippen molar-refractivity contribution in [1.82, 2.24) is 0 Å². The Bertz CT molecular complexity index is 449. The van der Waals surface area contributed by atoms with Gasteiger partial charge >= 0.3 is 0 Å². The summed E-state index contributed by atoms with van der Waals surface area (Å²) in [4.78, 5) is 0. The lowest BCUT2D eigenvalue weighted by Crippen LogP contribution is -2.20. The number of hydrogen-bond acceptors (Lipinski definition) is 1. The molecule has 0 bridgehead atoms. The van der Waals surface area contributed by atoms with Crippen molar-refractivity contribution in [1.29, 1.82) is 0 Å². The zero-order valence-corrected chi connectivity index (χ0v) is 15.0. The second kappa shape index (κ2) is 6.68. The van der Waals surface area contributed by atoms with Crippen molar-refractivity contribution in [3.63, 3.8) is 0 Å². The third-order valence-electron chi connectivity index (χ3n) is 3.69. The molecule has 0 atom stereocenters. The predicted octanol–water partition coefficient (Wildman–Crippen LogP) is 5.80. The van der Waals surface area contributed by atoms with Gasteiger partial charge in [-0.3, -0.25) is 0 Å². The largest absolute Gasteiger partial charge is 0.493 e. The van der Waals surface area contributed by atoms with E-state index in [1.165, 1.54) is 16.7 Å². The molecule has 0 amide bonds. The molecule has 0 fully saturated rings. The molecular weight excluding hydrogens is 256 g/mol. The van der Waals surface area contributed by atoms with Gasteiger partial charge in [-0.15, -0.1) is 6.58 Å². The lowest BCUT2D eigenvalue weighted by atomic mass is 9.78. The van der Waals surface area contributed by atoms with Crippen LogP contribution in [0.15, 0.2) is 24.8 Å². The van der Waals surface area contributed by atoms with E-state index in [9.17, 15) is 0 Å². The molecule has 0 aliphatic heterocycles. The van der Waals surface area contributed by atoms with Gasteiger partial charge in [0.15, 0.2) is 0 Å². The van der Waals surface area contributed by atoms with E-state index in [1.54, 1.807) is 0 Å². The van der Waals surface area contributed by atoms with Crippen LogP contribution in [0.1, 0.15) is 71.6 Å². The van der Waals surface area contributed by atoms with Gasteiger partial charge in [0, 0.05) is 11.1 Å². The van der Waals surface area contributed by atoms with Gasteiger partial charge in [-0.05, 0) is 36.2 Å². The minimum Gasteiger partial charge on any atom is -0.493 e. The smallest absolute Gasteiger partial charge is 0.126 e. The predicted molar refractivity (Wildman–Crippen MR) is 93.5 cm³/mol. The molecule has 1 aromatic carbocycles. The summed E-state index contributed by atoms with van der Waals surface area (Å²) in [5.74, 6) is 1.08. The molecule has 0 saturated carbocycles. The Morgan fingerprint density at radius 3 is 1.81 bits per heavy atom. The van der Waals surface area contributed by atoms with Gasteiger partial charge in [0.25, 0.3) is 0 Å². The Morgan fingerprint density at radius 1 is 1.00 bits per heavy atom. The second-order valence-electron chi connectivity index (χ2n) is 7.78. The minimum atomic E-state index is 0.0781. The number of rotatable bonds is 5. The van der Waals surface area contributed by atoms with Crippen LogP contribution in [0.3, 0.4) is 0 Å². The van der Waals surface area contributed by atoms with Crippen LogP contribution in [0.4, 0.5) is 0 Å². The third kappa shape index (κ3) is 4.62. The number of aryl methyl sites for hydroxylation is 1. The van der Waals surface area contributed by atoms with E-state index in [4.69, 9.17) is 4.74 Å². The molecule has 0 aromatic heterocycles. The van der Waals surface area contributed by atoms with Gasteiger partial charge in [-0.25, -0.2) is 0 Å². The SMILES string of the molecule is C=CCCc1cc(C(C)(C)C)c(OCC)c(C(C)(C)C)c1. The van der Waals surface area contributed by atoms with E-state index in [0.29, 0.717) is 6.61 Å². The molecule has 0 heterocycles. The molecule has 1 heteroatoms. The maximum Gasteiger partial charge on any atom is 0.126 e. The summed E-state index contributed by atoms with van der Waals surface area (Å²) in [6, 6.07) is 4.65. The van der Waals surface area contributed by atoms with Crippen molar-refractivity contribution in [3.8, 4) is 5.75 Å². The molecule has 0 spiro atoms. The second-order valence-corrected chi connectivity index (χ2v) is 7.78. The summed E-state index contributed by atoms with van der Waals surface area (Å²) in [5.41, 5.74) is 4.17. The highest BCUT2D eigenvalue weighted by Gasteiger charge is 2.27. The molecule has 0 aliphatic carbocycles. The van der Waals surface area contributed by atoms with Crippen molar-refractivity contribution in [2.75, 3.05) is 6.61 Å². The van der Waals surface area contributed by atoms with Crippen molar-refractivity contribution in [2.45, 2.75) is 72.1 Å². The van der Waals surface area contributed by atoms with Crippen molar-refractivity contribution >= 4 is 0 Å². The first-order valence-corrected chi connectivity index (χ1v) is 8.02. The zero-order chi connectivity index (χ0) is 16.3. The highest BCUT2D eigenvalue weighted by atomic mass is 16.5. The Morgan fingerprint density at radius 2 is 1.48 bits per heavy atom. The molecule has 0 aliphatic rings. The molecule has 0 unspecified atom stereocenters. The highest BCUT2D eigenvalue weighted by molar-refractivity contribution is 5.51. The minimum absolute atomic E-state index is 0.0781. The van der Waals surface area contributed by atoms with Crippen LogP contribution in [0.25, 0.3) is 0 Å².